The molecule has 4 heterocycles. The molecule has 0 saturated carbocycles. The fourth-order valence-electron chi connectivity index (χ4n) is 3.71. The minimum atomic E-state index is 0.221. The summed E-state index contributed by atoms with van der Waals surface area (Å²) in [6.45, 7) is 1.54. The standard InChI is InChI=1S/C16H17NO2/c18-16-12-7-13-9-19-10-14(8-12)17(13)15(16)6-11-4-2-1-3-5-11/h1-6,12-14H,7-10H2/b15-6-/t13-,14-/m1/s1. The second-order valence-electron chi connectivity index (χ2n) is 5.73. The molecule has 98 valence electrons. The van der Waals surface area contributed by atoms with Gasteiger partial charge in [-0.15, -0.1) is 0 Å². The maximum absolute atomic E-state index is 12.5. The first-order chi connectivity index (χ1) is 9.33. The third-order valence-corrected chi connectivity index (χ3v) is 4.52. The van der Waals surface area contributed by atoms with E-state index in [0.29, 0.717) is 17.9 Å². The van der Waals surface area contributed by atoms with E-state index in [2.05, 4.69) is 23.1 Å². The van der Waals surface area contributed by atoms with Crippen LogP contribution in [0.25, 0.3) is 6.08 Å². The molecule has 1 aromatic carbocycles. The Bertz CT molecular complexity index is 523. The van der Waals surface area contributed by atoms with Gasteiger partial charge in [-0.3, -0.25) is 4.79 Å². The van der Waals surface area contributed by atoms with Gasteiger partial charge in [0.25, 0.3) is 0 Å². The summed E-state index contributed by atoms with van der Waals surface area (Å²) >= 11 is 0. The van der Waals surface area contributed by atoms with E-state index in [1.807, 2.05) is 18.2 Å². The van der Waals surface area contributed by atoms with Crippen molar-refractivity contribution in [2.24, 2.45) is 5.92 Å². The molecule has 5 rings (SSSR count). The van der Waals surface area contributed by atoms with Gasteiger partial charge in [-0.25, -0.2) is 0 Å². The number of rotatable bonds is 1. The highest BCUT2D eigenvalue weighted by atomic mass is 16.5. The van der Waals surface area contributed by atoms with Crippen molar-refractivity contribution in [3.63, 3.8) is 0 Å². The molecule has 0 N–H and O–H groups in total. The number of ketones is 1. The molecule has 0 aliphatic carbocycles. The fraction of sp³-hybridized carbons (Fsp3) is 0.438. The van der Waals surface area contributed by atoms with E-state index in [-0.39, 0.29) is 5.92 Å². The number of hydrogen-bond acceptors (Lipinski definition) is 3. The molecular weight excluding hydrogens is 238 g/mol. The van der Waals surface area contributed by atoms with E-state index in [1.54, 1.807) is 0 Å². The normalized spacial score (nSPS) is 34.9. The van der Waals surface area contributed by atoms with Crippen LogP contribution in [-0.4, -0.2) is 36.0 Å². The van der Waals surface area contributed by atoms with Gasteiger partial charge in [0.15, 0.2) is 5.78 Å². The molecule has 3 heteroatoms. The number of fused-ring (bicyclic) bond motifs is 1. The lowest BCUT2D eigenvalue weighted by Crippen LogP contribution is -2.62. The third kappa shape index (κ3) is 1.72. The molecule has 19 heavy (non-hydrogen) atoms. The number of morpholine rings is 1. The summed E-state index contributed by atoms with van der Waals surface area (Å²) in [5.74, 6) is 0.553. The van der Waals surface area contributed by atoms with Gasteiger partial charge < -0.3 is 9.64 Å². The molecule has 1 aromatic rings. The average molecular weight is 255 g/mol. The lowest BCUT2D eigenvalue weighted by molar-refractivity contribution is -0.142. The van der Waals surface area contributed by atoms with Crippen LogP contribution in [0.1, 0.15) is 18.4 Å². The molecule has 0 aromatic heterocycles. The Kier molecular flexibility index (Phi) is 2.49. The lowest BCUT2D eigenvalue weighted by atomic mass is 9.75. The summed E-state index contributed by atoms with van der Waals surface area (Å²) in [7, 11) is 0. The first-order valence-corrected chi connectivity index (χ1v) is 7.00. The first kappa shape index (κ1) is 11.2. The Hall–Kier alpha value is -1.61. The van der Waals surface area contributed by atoms with E-state index in [4.69, 9.17) is 4.74 Å². The van der Waals surface area contributed by atoms with Crippen LogP contribution in [0.2, 0.25) is 0 Å². The molecule has 4 aliphatic rings. The predicted octanol–water partition coefficient (Wildman–Crippen LogP) is 2.09. The number of allylic oxidation sites excluding steroid dienone is 1. The zero-order chi connectivity index (χ0) is 12.8. The molecule has 4 saturated heterocycles. The minimum absolute atomic E-state index is 0.221. The number of piperidine rings is 3. The molecular formula is C16H17NO2. The van der Waals surface area contributed by atoms with Crippen LogP contribution >= 0.6 is 0 Å². The summed E-state index contributed by atoms with van der Waals surface area (Å²) in [6.07, 6.45) is 4.00. The summed E-state index contributed by atoms with van der Waals surface area (Å²) in [6, 6.07) is 10.9. The highest BCUT2D eigenvalue weighted by Gasteiger charge is 2.49. The van der Waals surface area contributed by atoms with Crippen LogP contribution in [-0.2, 0) is 9.53 Å². The molecule has 3 nitrogen and oxygen atoms in total. The summed E-state index contributed by atoms with van der Waals surface area (Å²) in [4.78, 5) is 14.8. The molecule has 0 unspecified atom stereocenters. The Morgan fingerprint density at radius 3 is 2.47 bits per heavy atom. The highest BCUT2D eigenvalue weighted by molar-refractivity contribution is 6.02. The SMILES string of the molecule is O=C1/C(=C/c2ccccc2)N2[C@H]3COC[C@H]2CC1C3. The predicted molar refractivity (Wildman–Crippen MR) is 72.4 cm³/mol. The zero-order valence-corrected chi connectivity index (χ0v) is 10.8. The number of nitrogens with zero attached hydrogens (tertiary/aromatic N) is 1. The van der Waals surface area contributed by atoms with Crippen molar-refractivity contribution in [3.8, 4) is 0 Å². The summed E-state index contributed by atoms with van der Waals surface area (Å²) < 4.78 is 5.64. The highest BCUT2D eigenvalue weighted by Crippen LogP contribution is 2.42. The molecule has 0 spiro atoms. The molecule has 4 fully saturated rings. The van der Waals surface area contributed by atoms with Gasteiger partial charge in [0.05, 0.1) is 31.0 Å². The van der Waals surface area contributed by atoms with Gasteiger partial charge in [-0.1, -0.05) is 30.3 Å². The molecule has 4 aliphatic heterocycles. The summed E-state index contributed by atoms with van der Waals surface area (Å²) in [5, 5.41) is 0. The number of hydrogen-bond donors (Lipinski definition) is 0. The monoisotopic (exact) mass is 255 g/mol. The quantitative estimate of drug-likeness (QED) is 0.720. The summed E-state index contributed by atoms with van der Waals surface area (Å²) in [5.41, 5.74) is 2.02. The van der Waals surface area contributed by atoms with Crippen molar-refractivity contribution in [3.05, 3.63) is 41.6 Å². The van der Waals surface area contributed by atoms with Gasteiger partial charge in [0.1, 0.15) is 0 Å². The Balaban J connectivity index is 1.75. The first-order valence-electron chi connectivity index (χ1n) is 7.00. The van der Waals surface area contributed by atoms with E-state index in [9.17, 15) is 4.79 Å². The van der Waals surface area contributed by atoms with Crippen molar-refractivity contribution in [2.45, 2.75) is 24.9 Å². The van der Waals surface area contributed by atoms with Crippen molar-refractivity contribution >= 4 is 11.9 Å². The third-order valence-electron chi connectivity index (χ3n) is 4.52. The van der Waals surface area contributed by atoms with E-state index < -0.39 is 0 Å². The number of carbonyl (C=O) groups excluding carboxylic acids is 1. The van der Waals surface area contributed by atoms with Gasteiger partial charge >= 0.3 is 0 Å². The average Bonchev–Trinajstić information content (AvgIpc) is 2.43. The molecule has 2 atom stereocenters. The lowest BCUT2D eigenvalue weighted by Gasteiger charge is -2.54. The van der Waals surface area contributed by atoms with Crippen LogP contribution in [0.15, 0.2) is 36.0 Å². The topological polar surface area (TPSA) is 29.5 Å². The second-order valence-corrected chi connectivity index (χ2v) is 5.73. The van der Waals surface area contributed by atoms with Crippen LogP contribution in [0.3, 0.4) is 0 Å². The molecule has 0 amide bonds. The number of carbonyl (C=O) groups is 1. The van der Waals surface area contributed by atoms with Crippen molar-refractivity contribution < 1.29 is 9.53 Å². The van der Waals surface area contributed by atoms with E-state index in [0.717, 1.165) is 37.3 Å². The zero-order valence-electron chi connectivity index (χ0n) is 10.8. The van der Waals surface area contributed by atoms with Crippen LogP contribution < -0.4 is 0 Å². The Morgan fingerprint density at radius 1 is 1.11 bits per heavy atom. The molecule has 4 bridgehead atoms. The van der Waals surface area contributed by atoms with Gasteiger partial charge in [-0.05, 0) is 24.5 Å². The maximum Gasteiger partial charge on any atom is 0.182 e. The van der Waals surface area contributed by atoms with Gasteiger partial charge in [0, 0.05) is 5.92 Å². The van der Waals surface area contributed by atoms with Crippen molar-refractivity contribution in [2.75, 3.05) is 13.2 Å². The van der Waals surface area contributed by atoms with Crippen molar-refractivity contribution in [1.82, 2.24) is 4.90 Å². The van der Waals surface area contributed by atoms with Crippen LogP contribution in [0.4, 0.5) is 0 Å². The number of Topliss-reactive ketones (excluding diaryl/α,β-unsaturated/α-hetero) is 1. The number of ether oxygens (including phenoxy) is 1. The largest absolute Gasteiger partial charge is 0.377 e. The molecule has 0 radical (unpaired) electrons. The minimum Gasteiger partial charge on any atom is -0.377 e. The van der Waals surface area contributed by atoms with Gasteiger partial charge in [-0.2, -0.15) is 0 Å². The Labute approximate surface area is 112 Å². The maximum atomic E-state index is 12.5. The number of benzene rings is 1. The fourth-order valence-corrected chi connectivity index (χ4v) is 3.71. The van der Waals surface area contributed by atoms with E-state index >= 15 is 0 Å². The van der Waals surface area contributed by atoms with Crippen LogP contribution in [0, 0.1) is 5.92 Å². The van der Waals surface area contributed by atoms with Gasteiger partial charge in [0.2, 0.25) is 0 Å². The Morgan fingerprint density at radius 2 is 1.79 bits per heavy atom. The second kappa shape index (κ2) is 4.20. The van der Waals surface area contributed by atoms with E-state index in [1.165, 1.54) is 0 Å². The smallest absolute Gasteiger partial charge is 0.182 e. The van der Waals surface area contributed by atoms with Crippen molar-refractivity contribution in [1.29, 1.82) is 0 Å². The van der Waals surface area contributed by atoms with Crippen LogP contribution in [0.5, 0.6) is 0 Å².